The summed E-state index contributed by atoms with van der Waals surface area (Å²) in [6.07, 6.45) is 0. The van der Waals surface area contributed by atoms with Gasteiger partial charge >= 0.3 is 5.24 Å². The molecule has 1 fully saturated rings. The van der Waals surface area contributed by atoms with Crippen LogP contribution in [0.5, 0.6) is 17.4 Å². The molecule has 1 aromatic heterocycles. The molecule has 3 rings (SSSR count). The van der Waals surface area contributed by atoms with E-state index < -0.39 is 0 Å². The molecule has 2 heterocycles. The van der Waals surface area contributed by atoms with Gasteiger partial charge in [-0.15, -0.1) is 0 Å². The monoisotopic (exact) mass is 460 g/mol. The number of anilines is 2. The van der Waals surface area contributed by atoms with E-state index in [0.29, 0.717) is 49.0 Å². The number of aromatic nitrogens is 1. The summed E-state index contributed by atoms with van der Waals surface area (Å²) >= 11 is 0.948. The van der Waals surface area contributed by atoms with E-state index in [1.807, 2.05) is 18.2 Å². The molecule has 9 nitrogen and oxygen atoms in total. The number of amides is 1. The number of methoxy groups -OCH3 is 3. The second-order valence-electron chi connectivity index (χ2n) is 7.25. The number of ketones is 1. The Labute approximate surface area is 192 Å². The molecule has 1 N–H and O–H groups in total. The van der Waals surface area contributed by atoms with Gasteiger partial charge in [-0.2, -0.15) is 0 Å². The van der Waals surface area contributed by atoms with Crippen molar-refractivity contribution >= 4 is 34.3 Å². The average Bonchev–Trinajstić information content (AvgIpc) is 2.82. The van der Waals surface area contributed by atoms with Crippen molar-refractivity contribution in [3.05, 3.63) is 35.5 Å². The largest absolute Gasteiger partial charge is 0.497 e. The predicted octanol–water partition coefficient (Wildman–Crippen LogP) is 3.62. The lowest BCUT2D eigenvalue weighted by atomic mass is 10.1. The van der Waals surface area contributed by atoms with Crippen LogP contribution in [-0.4, -0.2) is 68.4 Å². The van der Waals surface area contributed by atoms with Crippen molar-refractivity contribution in [1.29, 1.82) is 0 Å². The number of hydrogen-bond donors (Lipinski definition) is 1. The fraction of sp³-hybridized carbons (Fsp3) is 0.409. The maximum atomic E-state index is 12.7. The van der Waals surface area contributed by atoms with Crippen LogP contribution in [0.4, 0.5) is 16.2 Å². The summed E-state index contributed by atoms with van der Waals surface area (Å²) < 4.78 is 19.0. The Morgan fingerprint density at radius 2 is 1.59 bits per heavy atom. The van der Waals surface area contributed by atoms with Crippen LogP contribution in [0.25, 0.3) is 0 Å². The molecule has 0 saturated carbocycles. The second-order valence-corrected chi connectivity index (χ2v) is 8.01. The highest BCUT2D eigenvalue weighted by Gasteiger charge is 2.23. The van der Waals surface area contributed by atoms with E-state index in [1.54, 1.807) is 32.1 Å². The highest BCUT2D eigenvalue weighted by Crippen LogP contribution is 2.30. The maximum absolute atomic E-state index is 12.7. The number of benzene rings is 1. The smallest absolute Gasteiger partial charge is 0.302 e. The molecule has 1 amide bonds. The van der Waals surface area contributed by atoms with Crippen molar-refractivity contribution in [2.24, 2.45) is 0 Å². The van der Waals surface area contributed by atoms with E-state index in [-0.39, 0.29) is 11.0 Å². The first-order valence-corrected chi connectivity index (χ1v) is 10.9. The number of aryl methyl sites for hydroxylation is 1. The lowest BCUT2D eigenvalue weighted by Crippen LogP contribution is -2.47. The number of nitrogens with one attached hydrogen (secondary N) is 1. The van der Waals surface area contributed by atoms with Crippen LogP contribution in [0, 0.1) is 6.92 Å². The predicted molar refractivity (Wildman–Crippen MR) is 125 cm³/mol. The lowest BCUT2D eigenvalue weighted by Gasteiger charge is -2.36. The first-order chi connectivity index (χ1) is 15.4. The molecule has 1 aliphatic heterocycles. The normalized spacial score (nSPS) is 13.5. The van der Waals surface area contributed by atoms with Gasteiger partial charge in [0.15, 0.2) is 5.78 Å². The van der Waals surface area contributed by atoms with Crippen molar-refractivity contribution in [3.63, 3.8) is 0 Å². The Kier molecular flexibility index (Phi) is 7.68. The number of ether oxygens (including phenoxy) is 3. The third kappa shape index (κ3) is 5.37. The van der Waals surface area contributed by atoms with Crippen molar-refractivity contribution in [1.82, 2.24) is 9.88 Å². The van der Waals surface area contributed by atoms with Gasteiger partial charge in [-0.3, -0.25) is 9.59 Å². The third-order valence-electron chi connectivity index (χ3n) is 5.24. The summed E-state index contributed by atoms with van der Waals surface area (Å²) in [5.41, 5.74) is 2.56. The van der Waals surface area contributed by atoms with Crippen LogP contribution >= 0.6 is 11.9 Å². The Morgan fingerprint density at radius 1 is 0.969 bits per heavy atom. The quantitative estimate of drug-likeness (QED) is 0.491. The van der Waals surface area contributed by atoms with Gasteiger partial charge in [-0.05, 0) is 19.9 Å². The van der Waals surface area contributed by atoms with E-state index >= 15 is 0 Å². The summed E-state index contributed by atoms with van der Waals surface area (Å²) in [5, 5.41) is -0.111. The summed E-state index contributed by atoms with van der Waals surface area (Å²) in [6.45, 7) is 5.76. The van der Waals surface area contributed by atoms with Crippen LogP contribution in [0.3, 0.4) is 0 Å². The Hall–Kier alpha value is -3.14. The standard InChI is InChI=1S/C22H28N4O5S/c1-14-19(15(2)27)13-20(21(23-14)31-5)24-32-22(28)26-8-6-25(7-9-26)16-10-17(29-3)12-18(11-16)30-4/h10-13,24H,6-9H2,1-5H3. The van der Waals surface area contributed by atoms with Crippen LogP contribution in [-0.2, 0) is 0 Å². The molecule has 32 heavy (non-hydrogen) atoms. The summed E-state index contributed by atoms with van der Waals surface area (Å²) in [5.74, 6) is 1.69. The summed E-state index contributed by atoms with van der Waals surface area (Å²) in [7, 11) is 4.74. The molecular formula is C22H28N4O5S. The molecule has 0 spiro atoms. The molecule has 0 radical (unpaired) electrons. The second kappa shape index (κ2) is 10.4. The van der Waals surface area contributed by atoms with Gasteiger partial charge in [0.05, 0.1) is 27.0 Å². The van der Waals surface area contributed by atoms with E-state index in [4.69, 9.17) is 14.2 Å². The molecule has 1 saturated heterocycles. The molecule has 0 atom stereocenters. The van der Waals surface area contributed by atoms with Gasteiger partial charge in [0.1, 0.15) is 17.2 Å². The van der Waals surface area contributed by atoms with Crippen LogP contribution in [0.2, 0.25) is 0 Å². The average molecular weight is 461 g/mol. The van der Waals surface area contributed by atoms with E-state index in [2.05, 4.69) is 14.6 Å². The molecule has 0 bridgehead atoms. The zero-order valence-electron chi connectivity index (χ0n) is 18.9. The van der Waals surface area contributed by atoms with Crippen molar-refractivity contribution in [3.8, 4) is 17.4 Å². The number of carbonyl (C=O) groups excluding carboxylic acids is 2. The molecule has 0 unspecified atom stereocenters. The van der Waals surface area contributed by atoms with E-state index in [1.165, 1.54) is 14.0 Å². The SMILES string of the molecule is COc1cc(OC)cc(N2CCN(C(=O)SNc3cc(C(C)=O)c(C)nc3OC)CC2)c1. The molecule has 1 aromatic carbocycles. The van der Waals surface area contributed by atoms with Gasteiger partial charge < -0.3 is 28.7 Å². The minimum absolute atomic E-state index is 0.0951. The summed E-state index contributed by atoms with van der Waals surface area (Å²) in [4.78, 5) is 32.8. The van der Waals surface area contributed by atoms with Crippen LogP contribution in [0.1, 0.15) is 23.0 Å². The zero-order valence-corrected chi connectivity index (χ0v) is 19.7. The Balaban J connectivity index is 1.61. The minimum atomic E-state index is -0.111. The molecule has 172 valence electrons. The molecular weight excluding hydrogens is 432 g/mol. The first kappa shape index (κ1) is 23.5. The van der Waals surface area contributed by atoms with Crippen molar-refractivity contribution in [2.45, 2.75) is 13.8 Å². The van der Waals surface area contributed by atoms with E-state index in [0.717, 1.165) is 29.1 Å². The minimum Gasteiger partial charge on any atom is -0.497 e. The third-order valence-corrected chi connectivity index (χ3v) is 5.99. The number of rotatable bonds is 7. The number of piperazine rings is 1. The molecule has 10 heteroatoms. The van der Waals surface area contributed by atoms with Crippen LogP contribution < -0.4 is 23.8 Å². The van der Waals surface area contributed by atoms with Gasteiger partial charge in [0, 0.05) is 67.6 Å². The fourth-order valence-electron chi connectivity index (χ4n) is 3.45. The topological polar surface area (TPSA) is 93.2 Å². The number of carbonyl (C=O) groups is 2. The summed E-state index contributed by atoms with van der Waals surface area (Å²) in [6, 6.07) is 7.41. The number of Topliss-reactive ketones (excluding diaryl/α,β-unsaturated/α-hetero) is 1. The van der Waals surface area contributed by atoms with Gasteiger partial charge in [-0.1, -0.05) is 0 Å². The van der Waals surface area contributed by atoms with Gasteiger partial charge in [0.25, 0.3) is 0 Å². The molecule has 1 aliphatic rings. The van der Waals surface area contributed by atoms with E-state index in [9.17, 15) is 9.59 Å². The highest BCUT2D eigenvalue weighted by atomic mass is 32.2. The Morgan fingerprint density at radius 3 is 2.12 bits per heavy atom. The van der Waals surface area contributed by atoms with Gasteiger partial charge in [0.2, 0.25) is 5.88 Å². The van der Waals surface area contributed by atoms with Crippen LogP contribution in [0.15, 0.2) is 24.3 Å². The number of pyridine rings is 1. The maximum Gasteiger partial charge on any atom is 0.302 e. The van der Waals surface area contributed by atoms with Gasteiger partial charge in [-0.25, -0.2) is 4.98 Å². The Bertz CT molecular complexity index is 970. The first-order valence-electron chi connectivity index (χ1n) is 10.1. The zero-order chi connectivity index (χ0) is 23.3. The highest BCUT2D eigenvalue weighted by molar-refractivity contribution is 8.14. The molecule has 0 aliphatic carbocycles. The number of nitrogens with zero attached hydrogens (tertiary/aromatic N) is 3. The van der Waals surface area contributed by atoms with Crippen molar-refractivity contribution in [2.75, 3.05) is 57.1 Å². The molecule has 2 aromatic rings. The lowest BCUT2D eigenvalue weighted by molar-refractivity contribution is 0.101. The number of hydrogen-bond acceptors (Lipinski definition) is 9. The van der Waals surface area contributed by atoms with Crippen molar-refractivity contribution < 1.29 is 23.8 Å². The fourth-order valence-corrected chi connectivity index (χ4v) is 4.11.